The van der Waals surface area contributed by atoms with Crippen molar-refractivity contribution in [2.75, 3.05) is 0 Å². The number of aromatic nitrogens is 4. The standard InChI is InChI=1S/C11H8F3N3O3.C7H3F4NO2.C4H6N2O/c1-6-4-10(16-15-6)20-7-2-3-9(17(18)19)8(5-7)11(12,13)14;8-4-1-2-6(12(13)14)5(3-4)7(9,10)11;1-3-2-4(7)6-5-3/h2-5H,1H3,(H,15,16);1-3H;2H,1H3,(H2,5,6,7). The third-order valence-corrected chi connectivity index (χ3v) is 4.57. The lowest BCUT2D eigenvalue weighted by Gasteiger charge is -2.09. The lowest BCUT2D eigenvalue weighted by atomic mass is 10.1. The fourth-order valence-corrected chi connectivity index (χ4v) is 2.85. The fourth-order valence-electron chi connectivity index (χ4n) is 2.85. The first-order chi connectivity index (χ1) is 18.9. The van der Waals surface area contributed by atoms with Gasteiger partial charge in [-0.05, 0) is 32.0 Å². The molecule has 2 heterocycles. The van der Waals surface area contributed by atoms with Crippen LogP contribution in [0.5, 0.6) is 11.6 Å². The van der Waals surface area contributed by atoms with Crippen molar-refractivity contribution < 1.29 is 45.3 Å². The van der Waals surface area contributed by atoms with E-state index in [0.717, 1.165) is 17.8 Å². The number of ether oxygens (including phenoxy) is 1. The third-order valence-electron chi connectivity index (χ3n) is 4.57. The van der Waals surface area contributed by atoms with E-state index in [1.165, 1.54) is 12.1 Å². The van der Waals surface area contributed by atoms with Gasteiger partial charge in [-0.2, -0.15) is 26.3 Å². The second-order valence-electron chi connectivity index (χ2n) is 7.78. The molecule has 0 atom stereocenters. The van der Waals surface area contributed by atoms with Crippen LogP contribution in [0.15, 0.2) is 53.3 Å². The Morgan fingerprint density at radius 1 is 0.780 bits per heavy atom. The summed E-state index contributed by atoms with van der Waals surface area (Å²) in [7, 11) is 0. The predicted octanol–water partition coefficient (Wildman–Crippen LogP) is 6.20. The summed E-state index contributed by atoms with van der Waals surface area (Å²) < 4.78 is 92.1. The second kappa shape index (κ2) is 12.7. The van der Waals surface area contributed by atoms with Gasteiger partial charge in [0, 0.05) is 41.7 Å². The van der Waals surface area contributed by atoms with Crippen LogP contribution in [0.4, 0.5) is 42.1 Å². The molecule has 0 aliphatic carbocycles. The molecule has 0 saturated carbocycles. The average Bonchev–Trinajstić information content (AvgIpc) is 3.44. The molecule has 0 radical (unpaired) electrons. The smallest absolute Gasteiger partial charge is 0.423 e. The van der Waals surface area contributed by atoms with Gasteiger partial charge in [0.25, 0.3) is 16.9 Å². The van der Waals surface area contributed by atoms with E-state index in [4.69, 9.17) is 4.74 Å². The molecule has 0 bridgehead atoms. The third kappa shape index (κ3) is 9.48. The summed E-state index contributed by atoms with van der Waals surface area (Å²) in [5.74, 6) is -1.28. The first kappa shape index (κ1) is 32.0. The van der Waals surface area contributed by atoms with Crippen LogP contribution in [0, 0.1) is 39.9 Å². The first-order valence-electron chi connectivity index (χ1n) is 10.7. The molecule has 0 amide bonds. The van der Waals surface area contributed by atoms with E-state index in [1.54, 1.807) is 6.92 Å². The van der Waals surface area contributed by atoms with Crippen molar-refractivity contribution >= 4 is 11.4 Å². The Labute approximate surface area is 223 Å². The molecule has 2 aromatic heterocycles. The number of halogens is 7. The van der Waals surface area contributed by atoms with Gasteiger partial charge >= 0.3 is 12.4 Å². The second-order valence-corrected chi connectivity index (χ2v) is 7.78. The fraction of sp³-hybridized carbons (Fsp3) is 0.182. The van der Waals surface area contributed by atoms with Gasteiger partial charge in [0.15, 0.2) is 0 Å². The molecule has 19 heteroatoms. The molecule has 0 aliphatic rings. The molecule has 0 aliphatic heterocycles. The van der Waals surface area contributed by atoms with Crippen molar-refractivity contribution in [1.29, 1.82) is 0 Å². The highest BCUT2D eigenvalue weighted by atomic mass is 19.4. The quantitative estimate of drug-likeness (QED) is 0.143. The Morgan fingerprint density at radius 3 is 1.71 bits per heavy atom. The molecule has 0 saturated heterocycles. The van der Waals surface area contributed by atoms with Gasteiger partial charge in [-0.25, -0.2) is 4.39 Å². The van der Waals surface area contributed by atoms with Crippen LogP contribution in [0.25, 0.3) is 0 Å². The van der Waals surface area contributed by atoms with E-state index in [1.807, 2.05) is 6.92 Å². The van der Waals surface area contributed by atoms with E-state index < -0.39 is 50.5 Å². The van der Waals surface area contributed by atoms with Crippen LogP contribution in [0.2, 0.25) is 0 Å². The maximum atomic E-state index is 12.7. The summed E-state index contributed by atoms with van der Waals surface area (Å²) in [6.07, 6.45) is -9.77. The molecule has 3 N–H and O–H groups in total. The molecule has 0 unspecified atom stereocenters. The average molecular weight is 594 g/mol. The molecule has 12 nitrogen and oxygen atoms in total. The number of nitrogens with one attached hydrogen (secondary N) is 3. The van der Waals surface area contributed by atoms with Gasteiger partial charge in [0.2, 0.25) is 5.88 Å². The molecule has 220 valence electrons. The van der Waals surface area contributed by atoms with Gasteiger partial charge in [-0.1, -0.05) is 0 Å². The number of benzene rings is 2. The molecule has 0 fully saturated rings. The Bertz CT molecular complexity index is 1580. The highest BCUT2D eigenvalue weighted by Crippen LogP contribution is 2.39. The zero-order valence-corrected chi connectivity index (χ0v) is 20.6. The van der Waals surface area contributed by atoms with Crippen LogP contribution in [-0.4, -0.2) is 30.2 Å². The maximum Gasteiger partial charge on any atom is 0.423 e. The highest BCUT2D eigenvalue weighted by molar-refractivity contribution is 5.47. The largest absolute Gasteiger partial charge is 0.438 e. The minimum atomic E-state index is -4.93. The number of aryl methyl sites for hydroxylation is 2. The Kier molecular flexibility index (Phi) is 9.95. The van der Waals surface area contributed by atoms with Crippen molar-refractivity contribution in [1.82, 2.24) is 20.4 Å². The number of hydrogen-bond donors (Lipinski definition) is 3. The minimum absolute atomic E-state index is 0.0718. The summed E-state index contributed by atoms with van der Waals surface area (Å²) >= 11 is 0. The van der Waals surface area contributed by atoms with E-state index >= 15 is 0 Å². The van der Waals surface area contributed by atoms with Crippen molar-refractivity contribution in [3.63, 3.8) is 0 Å². The van der Waals surface area contributed by atoms with Gasteiger partial charge in [-0.15, -0.1) is 5.10 Å². The van der Waals surface area contributed by atoms with Crippen molar-refractivity contribution in [2.45, 2.75) is 26.2 Å². The van der Waals surface area contributed by atoms with Crippen molar-refractivity contribution in [3.05, 3.63) is 107 Å². The zero-order valence-electron chi connectivity index (χ0n) is 20.6. The highest BCUT2D eigenvalue weighted by Gasteiger charge is 2.39. The topological polar surface area (TPSA) is 173 Å². The van der Waals surface area contributed by atoms with E-state index in [9.17, 15) is 55.8 Å². The number of nitro benzene ring substituents is 2. The summed E-state index contributed by atoms with van der Waals surface area (Å²) in [6, 6.07) is 6.57. The lowest BCUT2D eigenvalue weighted by Crippen LogP contribution is -2.09. The number of alkyl halides is 6. The molecule has 41 heavy (non-hydrogen) atoms. The molecule has 0 spiro atoms. The van der Waals surface area contributed by atoms with Gasteiger partial charge in [0.05, 0.1) is 9.85 Å². The lowest BCUT2D eigenvalue weighted by molar-refractivity contribution is -0.388. The Balaban J connectivity index is 0.000000241. The summed E-state index contributed by atoms with van der Waals surface area (Å²) in [5.41, 5.74) is -3.67. The molecular weight excluding hydrogens is 577 g/mol. The van der Waals surface area contributed by atoms with Gasteiger partial charge in [-0.3, -0.25) is 35.2 Å². The number of H-pyrrole nitrogens is 3. The monoisotopic (exact) mass is 594 g/mol. The van der Waals surface area contributed by atoms with Gasteiger partial charge < -0.3 is 9.84 Å². The van der Waals surface area contributed by atoms with Crippen LogP contribution >= 0.6 is 0 Å². The van der Waals surface area contributed by atoms with Crippen LogP contribution in [-0.2, 0) is 12.4 Å². The minimum Gasteiger partial charge on any atom is -0.438 e. The Morgan fingerprint density at radius 2 is 1.32 bits per heavy atom. The van der Waals surface area contributed by atoms with Crippen molar-refractivity contribution in [3.8, 4) is 11.6 Å². The first-order valence-corrected chi connectivity index (χ1v) is 10.7. The van der Waals surface area contributed by atoms with E-state index in [-0.39, 0.29) is 23.3 Å². The number of hydrogen-bond acceptors (Lipinski definition) is 7. The zero-order chi connectivity index (χ0) is 31.1. The van der Waals surface area contributed by atoms with E-state index in [2.05, 4.69) is 20.4 Å². The van der Waals surface area contributed by atoms with Crippen molar-refractivity contribution in [2.24, 2.45) is 0 Å². The summed E-state index contributed by atoms with van der Waals surface area (Å²) in [5, 5.41) is 32.0. The van der Waals surface area contributed by atoms with Crippen LogP contribution < -0.4 is 10.3 Å². The predicted molar refractivity (Wildman–Crippen MR) is 126 cm³/mol. The normalized spacial score (nSPS) is 11.0. The van der Waals surface area contributed by atoms with Gasteiger partial charge in [0.1, 0.15) is 22.7 Å². The number of rotatable bonds is 4. The molecule has 4 rings (SSSR count). The number of aromatic amines is 3. The molecular formula is C22H17F7N6O6. The summed E-state index contributed by atoms with van der Waals surface area (Å²) in [4.78, 5) is 28.7. The number of nitrogens with zero attached hydrogens (tertiary/aromatic N) is 3. The Hall–Kier alpha value is -5.23. The summed E-state index contributed by atoms with van der Waals surface area (Å²) in [6.45, 7) is 3.51. The molecule has 4 aromatic rings. The SMILES string of the molecule is Cc1cc(=O)[nH][nH]1.Cc1cc(Oc2ccc([N+](=O)[O-])c(C(F)(F)F)c2)n[nH]1.O=[N+]([O-])c1ccc(F)cc1C(F)(F)F. The maximum absolute atomic E-state index is 12.7. The van der Waals surface area contributed by atoms with Crippen LogP contribution in [0.3, 0.4) is 0 Å². The molecule has 2 aromatic carbocycles. The van der Waals surface area contributed by atoms with E-state index in [0.29, 0.717) is 23.9 Å². The number of nitro groups is 2. The van der Waals surface area contributed by atoms with Crippen LogP contribution in [0.1, 0.15) is 22.5 Å².